The molecule has 1 aromatic rings. The molecule has 1 aromatic carbocycles. The van der Waals surface area contributed by atoms with Crippen LogP contribution in [-0.4, -0.2) is 18.8 Å². The Hall–Kier alpha value is -1.84. The van der Waals surface area contributed by atoms with E-state index in [4.69, 9.17) is 4.74 Å². The smallest absolute Gasteiger partial charge is 0.231 e. The second-order valence-electron chi connectivity index (χ2n) is 4.45. The molecule has 0 heterocycles. The third kappa shape index (κ3) is 3.09. The number of hydrogen-bond donors (Lipinski definition) is 1. The summed E-state index contributed by atoms with van der Waals surface area (Å²) in [7, 11) is 1.63. The largest absolute Gasteiger partial charge is 0.496 e. The highest BCUT2D eigenvalue weighted by atomic mass is 16.5. The molecular formula is C14H19NO3. The van der Waals surface area contributed by atoms with E-state index in [1.807, 2.05) is 26.8 Å². The average Bonchev–Trinajstić information content (AvgIpc) is 2.25. The summed E-state index contributed by atoms with van der Waals surface area (Å²) in [5.41, 5.74) is 3.64. The Morgan fingerprint density at radius 1 is 1.22 bits per heavy atom. The van der Waals surface area contributed by atoms with Crippen LogP contribution >= 0.6 is 0 Å². The van der Waals surface area contributed by atoms with Crippen LogP contribution < -0.4 is 10.1 Å². The van der Waals surface area contributed by atoms with Crippen LogP contribution in [0.4, 0.5) is 5.69 Å². The quantitative estimate of drug-likeness (QED) is 0.834. The number of ketones is 1. The second kappa shape index (κ2) is 5.67. The molecule has 0 aliphatic heterocycles. The van der Waals surface area contributed by atoms with Gasteiger partial charge in [-0.15, -0.1) is 0 Å². The molecule has 0 saturated heterocycles. The van der Waals surface area contributed by atoms with Crippen molar-refractivity contribution in [2.75, 3.05) is 12.4 Å². The maximum atomic E-state index is 11.6. The molecule has 18 heavy (non-hydrogen) atoms. The van der Waals surface area contributed by atoms with Gasteiger partial charge in [-0.1, -0.05) is 0 Å². The third-order valence-electron chi connectivity index (χ3n) is 2.91. The fourth-order valence-electron chi connectivity index (χ4n) is 1.92. The van der Waals surface area contributed by atoms with E-state index in [1.54, 1.807) is 7.11 Å². The van der Waals surface area contributed by atoms with E-state index < -0.39 is 0 Å². The highest BCUT2D eigenvalue weighted by molar-refractivity contribution is 6.04. The van der Waals surface area contributed by atoms with Crippen LogP contribution in [0.3, 0.4) is 0 Å². The lowest BCUT2D eigenvalue weighted by molar-refractivity contribution is -0.124. The molecule has 0 unspecified atom stereocenters. The summed E-state index contributed by atoms with van der Waals surface area (Å²) in [5.74, 6) is 0.402. The van der Waals surface area contributed by atoms with Crippen LogP contribution in [0.2, 0.25) is 0 Å². The Morgan fingerprint density at radius 3 is 2.33 bits per heavy atom. The number of Topliss-reactive ketones (excluding diaryl/α,β-unsaturated/α-hetero) is 1. The summed E-state index contributed by atoms with van der Waals surface area (Å²) < 4.78 is 5.31. The van der Waals surface area contributed by atoms with Crippen LogP contribution in [0.5, 0.6) is 5.75 Å². The van der Waals surface area contributed by atoms with Gasteiger partial charge < -0.3 is 10.1 Å². The number of benzene rings is 1. The molecule has 0 atom stereocenters. The van der Waals surface area contributed by atoms with Crippen molar-refractivity contribution in [1.29, 1.82) is 0 Å². The maximum Gasteiger partial charge on any atom is 0.231 e. The van der Waals surface area contributed by atoms with Crippen molar-refractivity contribution in [3.05, 3.63) is 22.8 Å². The van der Waals surface area contributed by atoms with E-state index in [2.05, 4.69) is 5.32 Å². The van der Waals surface area contributed by atoms with Crippen LogP contribution in [0.15, 0.2) is 6.07 Å². The summed E-state index contributed by atoms with van der Waals surface area (Å²) in [5, 5.41) is 2.76. The van der Waals surface area contributed by atoms with E-state index in [0.717, 1.165) is 28.1 Å². The predicted molar refractivity (Wildman–Crippen MR) is 71.1 cm³/mol. The molecule has 0 aromatic heterocycles. The van der Waals surface area contributed by atoms with E-state index in [0.29, 0.717) is 0 Å². The molecule has 98 valence electrons. The number of aryl methyl sites for hydroxylation is 1. The lowest BCUT2D eigenvalue weighted by Gasteiger charge is -2.16. The van der Waals surface area contributed by atoms with Crippen molar-refractivity contribution in [3.8, 4) is 5.75 Å². The van der Waals surface area contributed by atoms with Gasteiger partial charge in [-0.2, -0.15) is 0 Å². The van der Waals surface area contributed by atoms with Crippen LogP contribution in [0, 0.1) is 20.8 Å². The van der Waals surface area contributed by atoms with E-state index >= 15 is 0 Å². The second-order valence-corrected chi connectivity index (χ2v) is 4.45. The molecule has 1 amide bonds. The Kier molecular flexibility index (Phi) is 4.48. The Morgan fingerprint density at radius 2 is 1.83 bits per heavy atom. The number of carbonyl (C=O) groups is 2. The molecule has 1 rings (SSSR count). The number of methoxy groups -OCH3 is 1. The lowest BCUT2D eigenvalue weighted by atomic mass is 10.0. The normalized spacial score (nSPS) is 10.1. The standard InChI is InChI=1S/C14H19NO3/c1-8-6-12(15-13(17)7-9(2)16)10(3)11(4)14(8)18-5/h6H,7H2,1-5H3,(H,15,17). The molecular weight excluding hydrogens is 230 g/mol. The number of rotatable bonds is 4. The fraction of sp³-hybridized carbons (Fsp3) is 0.429. The minimum Gasteiger partial charge on any atom is -0.496 e. The topological polar surface area (TPSA) is 55.4 Å². The first-order valence-corrected chi connectivity index (χ1v) is 5.81. The number of amides is 1. The van der Waals surface area contributed by atoms with Crippen molar-refractivity contribution in [3.63, 3.8) is 0 Å². The molecule has 0 bridgehead atoms. The summed E-state index contributed by atoms with van der Waals surface area (Å²) in [6.07, 6.45) is -0.0937. The third-order valence-corrected chi connectivity index (χ3v) is 2.91. The minimum atomic E-state index is -0.283. The fourth-order valence-corrected chi connectivity index (χ4v) is 1.92. The zero-order chi connectivity index (χ0) is 13.9. The van der Waals surface area contributed by atoms with Crippen molar-refractivity contribution < 1.29 is 14.3 Å². The maximum absolute atomic E-state index is 11.6. The van der Waals surface area contributed by atoms with Gasteiger partial charge in [0.15, 0.2) is 0 Å². The zero-order valence-electron chi connectivity index (χ0n) is 11.5. The summed E-state index contributed by atoms with van der Waals surface area (Å²) >= 11 is 0. The minimum absolute atomic E-state index is 0.0937. The lowest BCUT2D eigenvalue weighted by Crippen LogP contribution is -2.16. The predicted octanol–water partition coefficient (Wildman–Crippen LogP) is 2.54. The van der Waals surface area contributed by atoms with Crippen LogP contribution in [0.25, 0.3) is 0 Å². The van der Waals surface area contributed by atoms with Gasteiger partial charge in [0.1, 0.15) is 11.5 Å². The molecule has 0 spiro atoms. The highest BCUT2D eigenvalue weighted by Crippen LogP contribution is 2.31. The first-order valence-electron chi connectivity index (χ1n) is 5.81. The average molecular weight is 249 g/mol. The van der Waals surface area contributed by atoms with Crippen molar-refractivity contribution in [2.45, 2.75) is 34.1 Å². The Labute approximate surface area is 107 Å². The molecule has 0 radical (unpaired) electrons. The van der Waals surface area contributed by atoms with Gasteiger partial charge >= 0.3 is 0 Å². The van der Waals surface area contributed by atoms with Crippen molar-refractivity contribution >= 4 is 17.4 Å². The number of nitrogens with one attached hydrogen (secondary N) is 1. The molecule has 0 aliphatic rings. The van der Waals surface area contributed by atoms with Gasteiger partial charge in [0.25, 0.3) is 0 Å². The van der Waals surface area contributed by atoms with Gasteiger partial charge in [-0.3, -0.25) is 9.59 Å². The van der Waals surface area contributed by atoms with Gasteiger partial charge in [0, 0.05) is 5.69 Å². The molecule has 4 nitrogen and oxygen atoms in total. The van der Waals surface area contributed by atoms with E-state index in [9.17, 15) is 9.59 Å². The number of hydrogen-bond acceptors (Lipinski definition) is 3. The van der Waals surface area contributed by atoms with E-state index in [-0.39, 0.29) is 18.1 Å². The van der Waals surface area contributed by atoms with Gasteiger partial charge in [-0.05, 0) is 50.5 Å². The number of ether oxygens (including phenoxy) is 1. The molecule has 0 fully saturated rings. The SMILES string of the molecule is COc1c(C)cc(NC(=O)CC(C)=O)c(C)c1C. The van der Waals surface area contributed by atoms with Crippen LogP contribution in [0.1, 0.15) is 30.0 Å². The number of anilines is 1. The summed E-state index contributed by atoms with van der Waals surface area (Å²) in [6, 6.07) is 1.86. The monoisotopic (exact) mass is 249 g/mol. The summed E-state index contributed by atoms with van der Waals surface area (Å²) in [6.45, 7) is 7.19. The summed E-state index contributed by atoms with van der Waals surface area (Å²) in [4.78, 5) is 22.5. The van der Waals surface area contributed by atoms with Crippen LogP contribution in [-0.2, 0) is 9.59 Å². The number of carbonyl (C=O) groups excluding carboxylic acids is 2. The van der Waals surface area contributed by atoms with Crippen molar-refractivity contribution in [2.24, 2.45) is 0 Å². The molecule has 0 aliphatic carbocycles. The molecule has 4 heteroatoms. The van der Waals surface area contributed by atoms with Gasteiger partial charge in [-0.25, -0.2) is 0 Å². The first-order chi connectivity index (χ1) is 8.36. The molecule has 1 N–H and O–H groups in total. The first kappa shape index (κ1) is 14.2. The zero-order valence-corrected chi connectivity index (χ0v) is 11.5. The highest BCUT2D eigenvalue weighted by Gasteiger charge is 2.13. The molecule has 0 saturated carbocycles. The van der Waals surface area contributed by atoms with Crippen molar-refractivity contribution in [1.82, 2.24) is 0 Å². The van der Waals surface area contributed by atoms with Gasteiger partial charge in [0.2, 0.25) is 5.91 Å². The Bertz CT molecular complexity index is 492. The Balaban J connectivity index is 3.04. The van der Waals surface area contributed by atoms with E-state index in [1.165, 1.54) is 6.92 Å². The van der Waals surface area contributed by atoms with Gasteiger partial charge in [0.05, 0.1) is 13.5 Å².